The van der Waals surface area contributed by atoms with Crippen LogP contribution >= 0.6 is 0 Å². The maximum absolute atomic E-state index is 11.7. The molecule has 0 atom stereocenters. The Morgan fingerprint density at radius 2 is 2.05 bits per heavy atom. The zero-order chi connectivity index (χ0) is 13.9. The number of aromatic nitrogens is 3. The van der Waals surface area contributed by atoms with E-state index in [4.69, 9.17) is 4.74 Å². The summed E-state index contributed by atoms with van der Waals surface area (Å²) in [7, 11) is 0. The molecule has 1 amide bonds. The molecular weight excluding hydrogens is 244 g/mol. The lowest BCUT2D eigenvalue weighted by Crippen LogP contribution is -2.28. The zero-order valence-electron chi connectivity index (χ0n) is 11.1. The molecule has 0 aliphatic carbocycles. The van der Waals surface area contributed by atoms with Gasteiger partial charge in [0.05, 0.1) is 6.20 Å². The lowest BCUT2D eigenvalue weighted by molar-refractivity contribution is 0.0635. The SMILES string of the molecule is CC(C)(C)OC(=O)Nc1ccnn1-c1ccccn1. The van der Waals surface area contributed by atoms with Gasteiger partial charge >= 0.3 is 6.09 Å². The highest BCUT2D eigenvalue weighted by atomic mass is 16.6. The molecule has 0 fully saturated rings. The summed E-state index contributed by atoms with van der Waals surface area (Å²) in [5.41, 5.74) is -0.542. The molecule has 19 heavy (non-hydrogen) atoms. The molecule has 0 saturated carbocycles. The van der Waals surface area contributed by atoms with E-state index in [0.29, 0.717) is 11.6 Å². The summed E-state index contributed by atoms with van der Waals surface area (Å²) in [6.07, 6.45) is 2.72. The minimum atomic E-state index is -0.542. The number of rotatable bonds is 2. The van der Waals surface area contributed by atoms with Crippen molar-refractivity contribution < 1.29 is 9.53 Å². The first-order chi connectivity index (χ1) is 8.96. The molecule has 1 N–H and O–H groups in total. The number of carbonyl (C=O) groups is 1. The molecule has 2 rings (SSSR count). The predicted octanol–water partition coefficient (Wildman–Crippen LogP) is 2.61. The Morgan fingerprint density at radius 1 is 1.26 bits per heavy atom. The highest BCUT2D eigenvalue weighted by Gasteiger charge is 2.17. The van der Waals surface area contributed by atoms with E-state index < -0.39 is 11.7 Å². The Morgan fingerprint density at radius 3 is 2.68 bits per heavy atom. The molecule has 0 spiro atoms. The van der Waals surface area contributed by atoms with Crippen LogP contribution in [0.1, 0.15) is 20.8 Å². The summed E-state index contributed by atoms with van der Waals surface area (Å²) in [5.74, 6) is 1.13. The van der Waals surface area contributed by atoms with E-state index in [-0.39, 0.29) is 0 Å². The summed E-state index contributed by atoms with van der Waals surface area (Å²) < 4.78 is 6.72. The molecule has 0 aliphatic rings. The molecule has 100 valence electrons. The third-order valence-corrected chi connectivity index (χ3v) is 2.14. The minimum absolute atomic E-state index is 0.507. The second kappa shape index (κ2) is 5.09. The zero-order valence-corrected chi connectivity index (χ0v) is 11.1. The van der Waals surface area contributed by atoms with Crippen LogP contribution in [0.3, 0.4) is 0 Å². The van der Waals surface area contributed by atoms with Crippen LogP contribution in [-0.2, 0) is 4.74 Å². The average molecular weight is 260 g/mol. The van der Waals surface area contributed by atoms with Crippen LogP contribution in [-0.4, -0.2) is 26.5 Å². The standard InChI is InChI=1S/C13H16N4O2/c1-13(2,3)19-12(18)16-11-7-9-15-17(11)10-6-4-5-8-14-10/h4-9H,1-3H3,(H,16,18). The maximum atomic E-state index is 11.7. The molecule has 2 heterocycles. The fraction of sp³-hybridized carbons (Fsp3) is 0.308. The molecule has 0 unspecified atom stereocenters. The van der Waals surface area contributed by atoms with Gasteiger partial charge in [0.15, 0.2) is 5.82 Å². The van der Waals surface area contributed by atoms with Crippen LogP contribution in [0.4, 0.5) is 10.6 Å². The van der Waals surface area contributed by atoms with E-state index in [1.165, 1.54) is 4.68 Å². The van der Waals surface area contributed by atoms with Crippen molar-refractivity contribution in [1.29, 1.82) is 0 Å². The number of nitrogens with one attached hydrogen (secondary N) is 1. The van der Waals surface area contributed by atoms with Crippen molar-refractivity contribution in [3.63, 3.8) is 0 Å². The predicted molar refractivity (Wildman–Crippen MR) is 71.2 cm³/mol. The van der Waals surface area contributed by atoms with Crippen LogP contribution in [0.15, 0.2) is 36.7 Å². The molecule has 2 aromatic rings. The van der Waals surface area contributed by atoms with Crippen molar-refractivity contribution in [3.8, 4) is 5.82 Å². The Labute approximate surface area is 111 Å². The molecular formula is C13H16N4O2. The second-order valence-electron chi connectivity index (χ2n) is 4.94. The van der Waals surface area contributed by atoms with Gasteiger partial charge in [-0.3, -0.25) is 5.32 Å². The van der Waals surface area contributed by atoms with Crippen molar-refractivity contribution in [1.82, 2.24) is 14.8 Å². The van der Waals surface area contributed by atoms with Crippen LogP contribution < -0.4 is 5.32 Å². The number of amides is 1. The number of nitrogens with zero attached hydrogens (tertiary/aromatic N) is 3. The number of pyridine rings is 1. The summed E-state index contributed by atoms with van der Waals surface area (Å²) in [6, 6.07) is 7.14. The van der Waals surface area contributed by atoms with Gasteiger partial charge in [-0.15, -0.1) is 0 Å². The third kappa shape index (κ3) is 3.54. The molecule has 2 aromatic heterocycles. The van der Waals surface area contributed by atoms with E-state index in [1.54, 1.807) is 24.5 Å². The number of hydrogen-bond donors (Lipinski definition) is 1. The largest absolute Gasteiger partial charge is 0.444 e. The van der Waals surface area contributed by atoms with Crippen molar-refractivity contribution in [2.24, 2.45) is 0 Å². The van der Waals surface area contributed by atoms with E-state index in [2.05, 4.69) is 15.4 Å². The van der Waals surface area contributed by atoms with E-state index in [9.17, 15) is 4.79 Å². The fourth-order valence-corrected chi connectivity index (χ4v) is 1.47. The van der Waals surface area contributed by atoms with E-state index in [1.807, 2.05) is 32.9 Å². The topological polar surface area (TPSA) is 69.0 Å². The molecule has 0 bridgehead atoms. The van der Waals surface area contributed by atoms with Crippen LogP contribution in [0.2, 0.25) is 0 Å². The lowest BCUT2D eigenvalue weighted by Gasteiger charge is -2.19. The number of anilines is 1. The van der Waals surface area contributed by atoms with Crippen molar-refractivity contribution in [2.75, 3.05) is 5.32 Å². The molecule has 0 saturated heterocycles. The lowest BCUT2D eigenvalue weighted by atomic mass is 10.2. The maximum Gasteiger partial charge on any atom is 0.413 e. The minimum Gasteiger partial charge on any atom is -0.444 e. The average Bonchev–Trinajstić information content (AvgIpc) is 2.75. The van der Waals surface area contributed by atoms with Crippen LogP contribution in [0, 0.1) is 0 Å². The van der Waals surface area contributed by atoms with Crippen LogP contribution in [0.5, 0.6) is 0 Å². The van der Waals surface area contributed by atoms with Gasteiger partial charge in [-0.1, -0.05) is 6.07 Å². The van der Waals surface area contributed by atoms with Gasteiger partial charge in [-0.2, -0.15) is 9.78 Å². The van der Waals surface area contributed by atoms with Gasteiger partial charge in [0.2, 0.25) is 0 Å². The highest BCUT2D eigenvalue weighted by molar-refractivity contribution is 5.84. The Balaban J connectivity index is 2.15. The first-order valence-electron chi connectivity index (χ1n) is 5.91. The smallest absolute Gasteiger partial charge is 0.413 e. The summed E-state index contributed by atoms with van der Waals surface area (Å²) in [6.45, 7) is 5.42. The van der Waals surface area contributed by atoms with E-state index >= 15 is 0 Å². The molecule has 6 nitrogen and oxygen atoms in total. The van der Waals surface area contributed by atoms with Crippen molar-refractivity contribution >= 4 is 11.9 Å². The molecule has 6 heteroatoms. The molecule has 0 aliphatic heterocycles. The number of ether oxygens (including phenoxy) is 1. The summed E-state index contributed by atoms with van der Waals surface area (Å²) in [4.78, 5) is 15.9. The molecule has 0 aromatic carbocycles. The fourth-order valence-electron chi connectivity index (χ4n) is 1.47. The van der Waals surface area contributed by atoms with Gasteiger partial charge < -0.3 is 4.74 Å². The van der Waals surface area contributed by atoms with Gasteiger partial charge in [-0.25, -0.2) is 9.78 Å². The van der Waals surface area contributed by atoms with Gasteiger partial charge in [-0.05, 0) is 32.9 Å². The quantitative estimate of drug-likeness (QED) is 0.901. The number of carbonyl (C=O) groups excluding carboxylic acids is 1. The molecule has 0 radical (unpaired) electrons. The van der Waals surface area contributed by atoms with Gasteiger partial charge in [0, 0.05) is 12.3 Å². The van der Waals surface area contributed by atoms with Crippen molar-refractivity contribution in [3.05, 3.63) is 36.7 Å². The third-order valence-electron chi connectivity index (χ3n) is 2.14. The first kappa shape index (κ1) is 13.1. The highest BCUT2D eigenvalue weighted by Crippen LogP contribution is 2.14. The normalized spacial score (nSPS) is 11.1. The van der Waals surface area contributed by atoms with Crippen LogP contribution in [0.25, 0.3) is 5.82 Å². The van der Waals surface area contributed by atoms with Crippen molar-refractivity contribution in [2.45, 2.75) is 26.4 Å². The van der Waals surface area contributed by atoms with Gasteiger partial charge in [0.25, 0.3) is 0 Å². The summed E-state index contributed by atoms with van der Waals surface area (Å²) in [5, 5.41) is 6.76. The monoisotopic (exact) mass is 260 g/mol. The Bertz CT molecular complexity index is 558. The Kier molecular flexibility index (Phi) is 3.50. The number of hydrogen-bond acceptors (Lipinski definition) is 4. The van der Waals surface area contributed by atoms with Gasteiger partial charge in [0.1, 0.15) is 11.4 Å². The Hall–Kier alpha value is -2.37. The first-order valence-corrected chi connectivity index (χ1v) is 5.91. The van der Waals surface area contributed by atoms with E-state index in [0.717, 1.165) is 0 Å². The summed E-state index contributed by atoms with van der Waals surface area (Å²) >= 11 is 0. The second-order valence-corrected chi connectivity index (χ2v) is 4.94.